The Labute approximate surface area is 92.0 Å². The van der Waals surface area contributed by atoms with Gasteiger partial charge in [-0.15, -0.1) is 0 Å². The molecule has 0 saturated heterocycles. The van der Waals surface area contributed by atoms with Gasteiger partial charge >= 0.3 is 5.88 Å². The van der Waals surface area contributed by atoms with E-state index in [9.17, 15) is 10.1 Å². The molecule has 0 N–H and O–H groups in total. The van der Waals surface area contributed by atoms with E-state index >= 15 is 0 Å². The lowest BCUT2D eigenvalue weighted by Crippen LogP contribution is -1.86. The van der Waals surface area contributed by atoms with Crippen molar-refractivity contribution < 1.29 is 9.34 Å². The summed E-state index contributed by atoms with van der Waals surface area (Å²) in [6.07, 6.45) is 4.78. The lowest BCUT2D eigenvalue weighted by Gasteiger charge is -1.90. The molecule has 1 aromatic heterocycles. The van der Waals surface area contributed by atoms with Gasteiger partial charge in [-0.1, -0.05) is 36.4 Å². The third-order valence-electron chi connectivity index (χ3n) is 2.09. The van der Waals surface area contributed by atoms with E-state index in [-0.39, 0.29) is 5.88 Å². The zero-order valence-electron chi connectivity index (χ0n) is 8.37. The minimum Gasteiger partial charge on any atom is -0.409 e. The number of hydrogen-bond acceptors (Lipinski definition) is 3. The number of hydrogen-bond donors (Lipinski definition) is 0. The number of nitrogens with zero attached hydrogens (tertiary/aromatic N) is 1. The number of furan rings is 1. The van der Waals surface area contributed by atoms with Crippen LogP contribution in [-0.4, -0.2) is 4.92 Å². The Morgan fingerprint density at radius 2 is 1.88 bits per heavy atom. The largest absolute Gasteiger partial charge is 0.440 e. The van der Waals surface area contributed by atoms with Gasteiger partial charge in [0.25, 0.3) is 0 Å². The van der Waals surface area contributed by atoms with Gasteiger partial charge in [0, 0.05) is 0 Å². The Morgan fingerprint density at radius 3 is 2.56 bits per heavy atom. The van der Waals surface area contributed by atoms with Crippen molar-refractivity contribution in [1.29, 1.82) is 0 Å². The highest BCUT2D eigenvalue weighted by Gasteiger charge is 2.14. The quantitative estimate of drug-likeness (QED) is 0.582. The van der Waals surface area contributed by atoms with Crippen molar-refractivity contribution in [2.24, 2.45) is 0 Å². The molecule has 16 heavy (non-hydrogen) atoms. The summed E-state index contributed by atoms with van der Waals surface area (Å²) in [7, 11) is 0. The molecule has 0 radical (unpaired) electrons. The Kier molecular flexibility index (Phi) is 2.82. The summed E-state index contributed by atoms with van der Waals surface area (Å²) in [6.45, 7) is 0. The maximum absolute atomic E-state index is 10.6. The highest BCUT2D eigenvalue weighted by atomic mass is 16.6. The van der Waals surface area contributed by atoms with Crippen LogP contribution in [0.15, 0.2) is 47.1 Å². The van der Waals surface area contributed by atoms with Gasteiger partial charge in [-0.3, -0.25) is 10.1 Å². The molecule has 0 amide bonds. The number of rotatable bonds is 3. The summed E-state index contributed by atoms with van der Waals surface area (Å²) in [5.41, 5.74) is 1.45. The molecule has 0 unspecified atom stereocenters. The average Bonchev–Trinajstić information content (AvgIpc) is 2.76. The fourth-order valence-electron chi connectivity index (χ4n) is 1.34. The highest BCUT2D eigenvalue weighted by molar-refractivity contribution is 5.72. The van der Waals surface area contributed by atoms with E-state index in [1.54, 1.807) is 18.2 Å². The molecule has 0 aliphatic rings. The van der Waals surface area contributed by atoms with Gasteiger partial charge in [0.1, 0.15) is 4.92 Å². The zero-order chi connectivity index (χ0) is 11.4. The van der Waals surface area contributed by atoms with Crippen molar-refractivity contribution in [1.82, 2.24) is 0 Å². The van der Waals surface area contributed by atoms with E-state index < -0.39 is 4.92 Å². The second-order valence-electron chi connectivity index (χ2n) is 3.18. The molecule has 1 heterocycles. The fraction of sp³-hybridized carbons (Fsp3) is 0. The molecule has 0 aliphatic heterocycles. The number of nitro groups is 1. The standard InChI is InChI=1S/C12H9NO3/c14-13(15)12-11(8-9-16-12)7-6-10-4-2-1-3-5-10/h1-9H/b7-6+. The molecule has 0 atom stereocenters. The molecule has 0 fully saturated rings. The van der Waals surface area contributed by atoms with Crippen LogP contribution in [0.5, 0.6) is 0 Å². The molecule has 0 bridgehead atoms. The topological polar surface area (TPSA) is 56.3 Å². The first kappa shape index (κ1) is 10.2. The Balaban J connectivity index is 2.24. The molecule has 1 aromatic carbocycles. The van der Waals surface area contributed by atoms with Crippen LogP contribution in [0.4, 0.5) is 5.88 Å². The van der Waals surface area contributed by atoms with Crippen LogP contribution in [-0.2, 0) is 0 Å². The smallest absolute Gasteiger partial charge is 0.409 e. The van der Waals surface area contributed by atoms with Gasteiger partial charge in [0.05, 0.1) is 11.8 Å². The van der Waals surface area contributed by atoms with Gasteiger partial charge in [-0.25, -0.2) is 0 Å². The van der Waals surface area contributed by atoms with Crippen molar-refractivity contribution >= 4 is 18.0 Å². The lowest BCUT2D eigenvalue weighted by molar-refractivity contribution is -0.402. The molecular weight excluding hydrogens is 206 g/mol. The minimum absolute atomic E-state index is 0.229. The normalized spacial score (nSPS) is 10.8. The Hall–Kier alpha value is -2.36. The van der Waals surface area contributed by atoms with Gasteiger partial charge in [0.15, 0.2) is 0 Å². The maximum Gasteiger partial charge on any atom is 0.440 e. The first-order valence-corrected chi connectivity index (χ1v) is 4.72. The molecule has 4 nitrogen and oxygen atoms in total. The van der Waals surface area contributed by atoms with E-state index in [2.05, 4.69) is 0 Å². The van der Waals surface area contributed by atoms with Crippen LogP contribution in [0.2, 0.25) is 0 Å². The predicted octanol–water partition coefficient (Wildman–Crippen LogP) is 3.36. The molecule has 2 aromatic rings. The van der Waals surface area contributed by atoms with E-state index in [0.717, 1.165) is 5.56 Å². The third-order valence-corrected chi connectivity index (χ3v) is 2.09. The molecular formula is C12H9NO3. The molecule has 4 heteroatoms. The predicted molar refractivity (Wildman–Crippen MR) is 60.7 cm³/mol. The zero-order valence-corrected chi connectivity index (χ0v) is 8.37. The lowest BCUT2D eigenvalue weighted by atomic mass is 10.2. The maximum atomic E-state index is 10.6. The molecule has 0 saturated carbocycles. The van der Waals surface area contributed by atoms with Crippen LogP contribution in [0.3, 0.4) is 0 Å². The second-order valence-corrected chi connectivity index (χ2v) is 3.18. The molecule has 2 rings (SSSR count). The van der Waals surface area contributed by atoms with Crippen molar-refractivity contribution in [3.63, 3.8) is 0 Å². The highest BCUT2D eigenvalue weighted by Crippen LogP contribution is 2.21. The molecule has 0 aliphatic carbocycles. The van der Waals surface area contributed by atoms with E-state index in [1.807, 2.05) is 30.3 Å². The number of benzene rings is 1. The SMILES string of the molecule is O=[N+]([O-])c1occc1/C=C/c1ccccc1. The Bertz CT molecular complexity index is 514. The summed E-state index contributed by atoms with van der Waals surface area (Å²) in [4.78, 5) is 10.0. The van der Waals surface area contributed by atoms with Crippen molar-refractivity contribution in [3.8, 4) is 0 Å². The first-order valence-electron chi connectivity index (χ1n) is 4.72. The van der Waals surface area contributed by atoms with E-state index in [0.29, 0.717) is 5.56 Å². The molecule has 80 valence electrons. The fourth-order valence-corrected chi connectivity index (χ4v) is 1.34. The van der Waals surface area contributed by atoms with Crippen molar-refractivity contribution in [2.75, 3.05) is 0 Å². The van der Waals surface area contributed by atoms with Gasteiger partial charge in [-0.2, -0.15) is 0 Å². The van der Waals surface area contributed by atoms with Crippen LogP contribution in [0.1, 0.15) is 11.1 Å². The van der Waals surface area contributed by atoms with Crippen molar-refractivity contribution in [3.05, 3.63) is 63.9 Å². The third kappa shape index (κ3) is 2.17. The van der Waals surface area contributed by atoms with Crippen LogP contribution in [0.25, 0.3) is 12.2 Å². The van der Waals surface area contributed by atoms with E-state index in [1.165, 1.54) is 6.26 Å². The Morgan fingerprint density at radius 1 is 1.12 bits per heavy atom. The van der Waals surface area contributed by atoms with Gasteiger partial charge in [-0.05, 0) is 17.7 Å². The second kappa shape index (κ2) is 4.44. The summed E-state index contributed by atoms with van der Waals surface area (Å²) < 4.78 is 4.76. The average molecular weight is 215 g/mol. The minimum atomic E-state index is -0.537. The van der Waals surface area contributed by atoms with Gasteiger partial charge < -0.3 is 4.42 Å². The van der Waals surface area contributed by atoms with Crippen molar-refractivity contribution in [2.45, 2.75) is 0 Å². The van der Waals surface area contributed by atoms with Crippen LogP contribution < -0.4 is 0 Å². The molecule has 0 spiro atoms. The van der Waals surface area contributed by atoms with E-state index in [4.69, 9.17) is 4.42 Å². The summed E-state index contributed by atoms with van der Waals surface area (Å²) in [5.74, 6) is -0.229. The van der Waals surface area contributed by atoms with Crippen LogP contribution >= 0.6 is 0 Å². The van der Waals surface area contributed by atoms with Gasteiger partial charge in [0.2, 0.25) is 0 Å². The van der Waals surface area contributed by atoms with Crippen LogP contribution in [0, 0.1) is 10.1 Å². The first-order chi connectivity index (χ1) is 7.77. The monoisotopic (exact) mass is 215 g/mol. The summed E-state index contributed by atoms with van der Waals surface area (Å²) >= 11 is 0. The summed E-state index contributed by atoms with van der Waals surface area (Å²) in [5, 5.41) is 10.6. The summed E-state index contributed by atoms with van der Waals surface area (Å²) in [6, 6.07) is 11.1.